The van der Waals surface area contributed by atoms with Gasteiger partial charge in [-0.15, -0.1) is 0 Å². The number of carbonyl (C=O) groups is 1. The van der Waals surface area contributed by atoms with Gasteiger partial charge in [0.2, 0.25) is 0 Å². The maximum Gasteiger partial charge on any atom is 0.260 e. The van der Waals surface area contributed by atoms with Crippen LogP contribution in [-0.4, -0.2) is 25.1 Å². The minimum absolute atomic E-state index is 0.0245. The summed E-state index contributed by atoms with van der Waals surface area (Å²) in [6, 6.07) is 4.44. The van der Waals surface area contributed by atoms with Crippen LogP contribution in [0.15, 0.2) is 18.2 Å². The van der Waals surface area contributed by atoms with E-state index in [9.17, 15) is 9.18 Å². The molecule has 0 radical (unpaired) electrons. The average Bonchev–Trinajstić information content (AvgIpc) is 2.44. The lowest BCUT2D eigenvalue weighted by Crippen LogP contribution is -2.37. The Labute approximate surface area is 126 Å². The highest BCUT2D eigenvalue weighted by Gasteiger charge is 2.18. The van der Waals surface area contributed by atoms with E-state index in [0.717, 1.165) is 18.5 Å². The van der Waals surface area contributed by atoms with Crippen molar-refractivity contribution in [3.05, 3.63) is 29.6 Å². The topological polar surface area (TPSA) is 50.4 Å². The summed E-state index contributed by atoms with van der Waals surface area (Å²) in [6.07, 6.45) is 0.201. The van der Waals surface area contributed by atoms with Crippen molar-refractivity contribution in [3.63, 3.8) is 0 Å². The SMILES string of the molecule is CCCNC(=O)C(C)Oc1cc(F)ccc1C(C)NCC. The van der Waals surface area contributed by atoms with Gasteiger partial charge in [0.1, 0.15) is 11.6 Å². The highest BCUT2D eigenvalue weighted by molar-refractivity contribution is 5.80. The summed E-state index contributed by atoms with van der Waals surface area (Å²) in [4.78, 5) is 11.9. The second-order valence-electron chi connectivity index (χ2n) is 5.01. The van der Waals surface area contributed by atoms with Gasteiger partial charge in [-0.05, 0) is 32.9 Å². The Balaban J connectivity index is 2.85. The van der Waals surface area contributed by atoms with Gasteiger partial charge >= 0.3 is 0 Å². The zero-order valence-corrected chi connectivity index (χ0v) is 13.2. The van der Waals surface area contributed by atoms with E-state index in [1.54, 1.807) is 13.0 Å². The van der Waals surface area contributed by atoms with Crippen molar-refractivity contribution in [1.82, 2.24) is 10.6 Å². The molecule has 4 nitrogen and oxygen atoms in total. The molecule has 0 aliphatic carbocycles. The number of carbonyl (C=O) groups excluding carboxylic acids is 1. The van der Waals surface area contributed by atoms with Gasteiger partial charge in [-0.25, -0.2) is 4.39 Å². The summed E-state index contributed by atoms with van der Waals surface area (Å²) in [6.45, 7) is 9.03. The van der Waals surface area contributed by atoms with Crippen molar-refractivity contribution in [1.29, 1.82) is 0 Å². The summed E-state index contributed by atoms with van der Waals surface area (Å²) >= 11 is 0. The van der Waals surface area contributed by atoms with Gasteiger partial charge in [-0.2, -0.15) is 0 Å². The zero-order chi connectivity index (χ0) is 15.8. The second kappa shape index (κ2) is 8.62. The molecule has 2 atom stereocenters. The fourth-order valence-electron chi connectivity index (χ4n) is 2.02. The predicted molar refractivity (Wildman–Crippen MR) is 81.9 cm³/mol. The fraction of sp³-hybridized carbons (Fsp3) is 0.562. The van der Waals surface area contributed by atoms with Crippen molar-refractivity contribution in [2.24, 2.45) is 0 Å². The summed E-state index contributed by atoms with van der Waals surface area (Å²) in [5.74, 6) is -0.163. The molecular weight excluding hydrogens is 271 g/mol. The third kappa shape index (κ3) is 5.34. The monoisotopic (exact) mass is 296 g/mol. The number of rotatable bonds is 8. The van der Waals surface area contributed by atoms with Crippen LogP contribution in [0.4, 0.5) is 4.39 Å². The van der Waals surface area contributed by atoms with Gasteiger partial charge in [0.05, 0.1) is 0 Å². The molecule has 0 aliphatic heterocycles. The van der Waals surface area contributed by atoms with Crippen LogP contribution in [0.3, 0.4) is 0 Å². The Morgan fingerprint density at radius 3 is 2.67 bits per heavy atom. The molecule has 0 spiro atoms. The summed E-state index contributed by atoms with van der Waals surface area (Å²) in [5.41, 5.74) is 0.841. The number of hydrogen-bond acceptors (Lipinski definition) is 3. The molecule has 21 heavy (non-hydrogen) atoms. The van der Waals surface area contributed by atoms with Crippen molar-refractivity contribution in [2.45, 2.75) is 46.3 Å². The third-order valence-corrected chi connectivity index (χ3v) is 3.17. The van der Waals surface area contributed by atoms with E-state index in [-0.39, 0.29) is 17.8 Å². The normalized spacial score (nSPS) is 13.6. The first kappa shape index (κ1) is 17.4. The molecule has 1 rings (SSSR count). The van der Waals surface area contributed by atoms with Crippen LogP contribution >= 0.6 is 0 Å². The molecule has 1 amide bonds. The van der Waals surface area contributed by atoms with E-state index in [1.807, 2.05) is 20.8 Å². The third-order valence-electron chi connectivity index (χ3n) is 3.17. The molecule has 1 aromatic rings. The Bertz CT molecular complexity index is 466. The van der Waals surface area contributed by atoms with E-state index in [4.69, 9.17) is 4.74 Å². The summed E-state index contributed by atoms with van der Waals surface area (Å²) in [7, 11) is 0. The lowest BCUT2D eigenvalue weighted by molar-refractivity contribution is -0.127. The van der Waals surface area contributed by atoms with Crippen LogP contribution in [0, 0.1) is 5.82 Å². The molecule has 5 heteroatoms. The molecule has 2 unspecified atom stereocenters. The highest BCUT2D eigenvalue weighted by Crippen LogP contribution is 2.27. The van der Waals surface area contributed by atoms with Gasteiger partial charge < -0.3 is 15.4 Å². The van der Waals surface area contributed by atoms with Gasteiger partial charge in [0.15, 0.2) is 6.10 Å². The second-order valence-corrected chi connectivity index (χ2v) is 5.01. The zero-order valence-electron chi connectivity index (χ0n) is 13.2. The van der Waals surface area contributed by atoms with Crippen molar-refractivity contribution < 1.29 is 13.9 Å². The Morgan fingerprint density at radius 2 is 2.05 bits per heavy atom. The average molecular weight is 296 g/mol. The minimum Gasteiger partial charge on any atom is -0.480 e. The van der Waals surface area contributed by atoms with Crippen molar-refractivity contribution in [2.75, 3.05) is 13.1 Å². The van der Waals surface area contributed by atoms with Gasteiger partial charge in [0, 0.05) is 24.2 Å². The number of ether oxygens (including phenoxy) is 1. The predicted octanol–water partition coefficient (Wildman–Crippen LogP) is 2.79. The standard InChI is InChI=1S/C16H25FN2O2/c1-5-9-19-16(20)12(4)21-15-10-13(17)7-8-14(15)11(3)18-6-2/h7-8,10-12,18H,5-6,9H2,1-4H3,(H,19,20). The lowest BCUT2D eigenvalue weighted by Gasteiger charge is -2.20. The van der Waals surface area contributed by atoms with Gasteiger partial charge in [-0.1, -0.05) is 19.9 Å². The highest BCUT2D eigenvalue weighted by atomic mass is 19.1. The molecule has 0 fully saturated rings. The van der Waals surface area contributed by atoms with E-state index in [0.29, 0.717) is 12.3 Å². The molecule has 0 aromatic heterocycles. The quantitative estimate of drug-likeness (QED) is 0.775. The molecule has 0 heterocycles. The maximum atomic E-state index is 13.4. The van der Waals surface area contributed by atoms with Crippen LogP contribution in [0.25, 0.3) is 0 Å². The minimum atomic E-state index is -0.661. The Hall–Kier alpha value is -1.62. The van der Waals surface area contributed by atoms with Crippen LogP contribution in [0.2, 0.25) is 0 Å². The molecule has 118 valence electrons. The number of nitrogens with one attached hydrogen (secondary N) is 2. The van der Waals surface area contributed by atoms with Gasteiger partial charge in [0.25, 0.3) is 5.91 Å². The first-order valence-corrected chi connectivity index (χ1v) is 7.46. The molecule has 0 bridgehead atoms. The lowest BCUT2D eigenvalue weighted by atomic mass is 10.1. The molecule has 0 saturated carbocycles. The Kier molecular flexibility index (Phi) is 7.15. The molecule has 0 saturated heterocycles. The number of benzene rings is 1. The molecular formula is C16H25FN2O2. The number of hydrogen-bond donors (Lipinski definition) is 2. The van der Waals surface area contributed by atoms with Crippen LogP contribution < -0.4 is 15.4 Å². The van der Waals surface area contributed by atoms with Gasteiger partial charge in [-0.3, -0.25) is 4.79 Å². The fourth-order valence-corrected chi connectivity index (χ4v) is 2.02. The van der Waals surface area contributed by atoms with Crippen molar-refractivity contribution >= 4 is 5.91 Å². The van der Waals surface area contributed by atoms with Crippen LogP contribution in [0.1, 0.15) is 45.7 Å². The smallest absolute Gasteiger partial charge is 0.260 e. The van der Waals surface area contributed by atoms with E-state index >= 15 is 0 Å². The Morgan fingerprint density at radius 1 is 1.33 bits per heavy atom. The van der Waals surface area contributed by atoms with Crippen LogP contribution in [0.5, 0.6) is 5.75 Å². The number of halogens is 1. The van der Waals surface area contributed by atoms with E-state index < -0.39 is 6.10 Å². The van der Waals surface area contributed by atoms with Crippen molar-refractivity contribution in [3.8, 4) is 5.75 Å². The van der Waals surface area contributed by atoms with E-state index in [1.165, 1.54) is 12.1 Å². The summed E-state index contributed by atoms with van der Waals surface area (Å²) < 4.78 is 19.1. The number of amides is 1. The van der Waals surface area contributed by atoms with E-state index in [2.05, 4.69) is 10.6 Å². The maximum absolute atomic E-state index is 13.4. The van der Waals surface area contributed by atoms with Crippen LogP contribution in [-0.2, 0) is 4.79 Å². The summed E-state index contributed by atoms with van der Waals surface area (Å²) in [5, 5.41) is 6.02. The molecule has 2 N–H and O–H groups in total. The first-order chi connectivity index (χ1) is 9.99. The molecule has 0 aliphatic rings. The largest absolute Gasteiger partial charge is 0.480 e. The molecule has 1 aromatic carbocycles. The first-order valence-electron chi connectivity index (χ1n) is 7.46.